The largest absolute Gasteiger partial charge is 0.460 e. The maximum absolute atomic E-state index is 12.3. The zero-order valence-electron chi connectivity index (χ0n) is 24.2. The van der Waals surface area contributed by atoms with Crippen molar-refractivity contribution in [2.45, 2.75) is 50.3 Å². The number of rotatable bonds is 23. The molecule has 0 saturated heterocycles. The number of nitrogens with one attached hydrogen (secondary N) is 2. The normalized spacial score (nSPS) is 11.7. The van der Waals surface area contributed by atoms with Gasteiger partial charge in [0.05, 0.1) is 31.6 Å². The molecule has 0 spiro atoms. The highest BCUT2D eigenvalue weighted by Crippen LogP contribution is 2.11. The molecule has 0 aliphatic rings. The lowest BCUT2D eigenvalue weighted by atomic mass is 10.1. The van der Waals surface area contributed by atoms with Gasteiger partial charge >= 0.3 is 30.0 Å². The predicted molar refractivity (Wildman–Crippen MR) is 150 cm³/mol. The number of aliphatic hydroxyl groups is 1. The number of hydrogen-bond donors (Lipinski definition) is 3. The van der Waals surface area contributed by atoms with E-state index in [2.05, 4.69) is 36.9 Å². The Bertz CT molecular complexity index is 901. The molecule has 1 amide bonds. The molecule has 42 heavy (non-hydrogen) atoms. The molecule has 0 radical (unpaired) electrons. The van der Waals surface area contributed by atoms with Crippen molar-refractivity contribution in [3.63, 3.8) is 0 Å². The summed E-state index contributed by atoms with van der Waals surface area (Å²) >= 11 is 0. The summed E-state index contributed by atoms with van der Waals surface area (Å²) in [6.07, 6.45) is 3.89. The van der Waals surface area contributed by atoms with Gasteiger partial charge in [-0.2, -0.15) is 0 Å². The molecule has 0 aromatic carbocycles. The molecule has 0 aliphatic heterocycles. The lowest BCUT2D eigenvalue weighted by Gasteiger charge is -2.30. The van der Waals surface area contributed by atoms with Crippen LogP contribution in [0.3, 0.4) is 0 Å². The summed E-state index contributed by atoms with van der Waals surface area (Å²) in [6.45, 7) is 15.1. The van der Waals surface area contributed by atoms with Crippen LogP contribution in [0.4, 0.5) is 4.79 Å². The van der Waals surface area contributed by atoms with Crippen molar-refractivity contribution in [1.82, 2.24) is 10.6 Å². The van der Waals surface area contributed by atoms with Crippen LogP contribution in [-0.4, -0.2) is 98.6 Å². The van der Waals surface area contributed by atoms with Crippen molar-refractivity contribution >= 4 is 30.0 Å². The SMILES string of the molecule is C=CC(=O)OCC(C)(COC(=O)C=C)NCOC(CO)CCCCOC(=O)NC(C)(COC(=O)C=C)COC(=O)C=C. The second-order valence-corrected chi connectivity index (χ2v) is 9.42. The number of hydrogen-bond acceptors (Lipinski definition) is 13. The molecule has 0 aliphatic carbocycles. The first-order chi connectivity index (χ1) is 19.9. The van der Waals surface area contributed by atoms with Gasteiger partial charge in [0.25, 0.3) is 0 Å². The summed E-state index contributed by atoms with van der Waals surface area (Å²) < 4.78 is 30.9. The zero-order valence-corrected chi connectivity index (χ0v) is 24.2. The van der Waals surface area contributed by atoms with Crippen molar-refractivity contribution in [3.05, 3.63) is 50.6 Å². The second kappa shape index (κ2) is 20.8. The molecule has 0 aromatic rings. The molecule has 1 atom stereocenters. The molecule has 236 valence electrons. The Morgan fingerprint density at radius 2 is 1.14 bits per heavy atom. The van der Waals surface area contributed by atoms with E-state index in [1.165, 1.54) is 6.92 Å². The third kappa shape index (κ3) is 17.6. The van der Waals surface area contributed by atoms with Gasteiger partial charge in [-0.15, -0.1) is 0 Å². The summed E-state index contributed by atoms with van der Waals surface area (Å²) in [4.78, 5) is 58.1. The Morgan fingerprint density at radius 3 is 1.55 bits per heavy atom. The molecule has 0 rings (SSSR count). The van der Waals surface area contributed by atoms with Crippen LogP contribution in [-0.2, 0) is 47.6 Å². The Kier molecular flexibility index (Phi) is 18.8. The first-order valence-corrected chi connectivity index (χ1v) is 12.9. The number of esters is 4. The fourth-order valence-corrected chi connectivity index (χ4v) is 2.90. The molecule has 0 heterocycles. The van der Waals surface area contributed by atoms with Crippen molar-refractivity contribution in [2.24, 2.45) is 0 Å². The van der Waals surface area contributed by atoms with Gasteiger partial charge in [0.1, 0.15) is 32.0 Å². The van der Waals surface area contributed by atoms with Gasteiger partial charge < -0.3 is 38.8 Å². The van der Waals surface area contributed by atoms with Crippen molar-refractivity contribution in [3.8, 4) is 0 Å². The van der Waals surface area contributed by atoms with Crippen LogP contribution in [0, 0.1) is 0 Å². The lowest BCUT2D eigenvalue weighted by molar-refractivity contribution is -0.146. The standard InChI is InChI=1S/C28H42N2O12/c1-7-22(32)38-16-27(5,17-39-23(33)8-2)29-20-42-21(15-31)13-11-12-14-37-26(36)30-28(6,18-40-24(34)9-3)19-41-25(35)10-4/h7-10,21,29,31H,1-4,11-20H2,5-6H3,(H,30,36). The molecule has 14 nitrogen and oxygen atoms in total. The van der Waals surface area contributed by atoms with Crippen LogP contribution in [0.2, 0.25) is 0 Å². The number of unbranched alkanes of at least 4 members (excludes halogenated alkanes) is 1. The molecule has 0 fully saturated rings. The van der Waals surface area contributed by atoms with Crippen LogP contribution in [0.25, 0.3) is 0 Å². The molecular formula is C28H42N2O12. The summed E-state index contributed by atoms with van der Waals surface area (Å²) in [5.41, 5.74) is -2.28. The molecule has 1 unspecified atom stereocenters. The highest BCUT2D eigenvalue weighted by Gasteiger charge is 2.31. The van der Waals surface area contributed by atoms with E-state index >= 15 is 0 Å². The average molecular weight is 599 g/mol. The average Bonchev–Trinajstić information content (AvgIpc) is 2.98. The van der Waals surface area contributed by atoms with E-state index in [-0.39, 0.29) is 46.4 Å². The Balaban J connectivity index is 4.68. The van der Waals surface area contributed by atoms with E-state index in [0.29, 0.717) is 19.3 Å². The van der Waals surface area contributed by atoms with Crippen molar-refractivity contribution in [2.75, 3.05) is 46.4 Å². The fourth-order valence-electron chi connectivity index (χ4n) is 2.90. The maximum atomic E-state index is 12.3. The Morgan fingerprint density at radius 1 is 0.714 bits per heavy atom. The number of aliphatic hydroxyl groups excluding tert-OH is 1. The third-order valence-corrected chi connectivity index (χ3v) is 5.38. The van der Waals surface area contributed by atoms with E-state index in [1.807, 2.05) is 0 Å². The number of alkyl carbamates (subject to hydrolysis) is 1. The number of ether oxygens (including phenoxy) is 6. The van der Waals surface area contributed by atoms with Crippen LogP contribution < -0.4 is 10.6 Å². The highest BCUT2D eigenvalue weighted by atomic mass is 16.6. The number of amides is 1. The maximum Gasteiger partial charge on any atom is 0.407 e. The van der Waals surface area contributed by atoms with E-state index in [4.69, 9.17) is 28.4 Å². The number of carbonyl (C=O) groups excluding carboxylic acids is 5. The second-order valence-electron chi connectivity index (χ2n) is 9.42. The van der Waals surface area contributed by atoms with Gasteiger partial charge in [0.15, 0.2) is 0 Å². The quantitative estimate of drug-likeness (QED) is 0.0502. The lowest BCUT2D eigenvalue weighted by Crippen LogP contribution is -2.53. The smallest absolute Gasteiger partial charge is 0.407 e. The minimum absolute atomic E-state index is 0.0264. The van der Waals surface area contributed by atoms with Crippen LogP contribution in [0.1, 0.15) is 33.1 Å². The fraction of sp³-hybridized carbons (Fsp3) is 0.536. The van der Waals surface area contributed by atoms with Gasteiger partial charge in [0, 0.05) is 24.3 Å². The van der Waals surface area contributed by atoms with Crippen LogP contribution >= 0.6 is 0 Å². The van der Waals surface area contributed by atoms with Gasteiger partial charge in [-0.3, -0.25) is 5.32 Å². The van der Waals surface area contributed by atoms with Gasteiger partial charge in [-0.05, 0) is 33.1 Å². The molecule has 0 aromatic heterocycles. The third-order valence-electron chi connectivity index (χ3n) is 5.38. The minimum atomic E-state index is -1.28. The first-order valence-electron chi connectivity index (χ1n) is 12.9. The molecule has 14 heteroatoms. The van der Waals surface area contributed by atoms with E-state index in [9.17, 15) is 29.1 Å². The topological polar surface area (TPSA) is 185 Å². The van der Waals surface area contributed by atoms with Gasteiger partial charge in [-0.1, -0.05) is 26.3 Å². The van der Waals surface area contributed by atoms with Crippen LogP contribution in [0.15, 0.2) is 50.6 Å². The van der Waals surface area contributed by atoms with E-state index < -0.39 is 47.2 Å². The molecule has 3 N–H and O–H groups in total. The molecule has 0 bridgehead atoms. The van der Waals surface area contributed by atoms with Crippen LogP contribution in [0.5, 0.6) is 0 Å². The zero-order chi connectivity index (χ0) is 32.0. The van der Waals surface area contributed by atoms with Gasteiger partial charge in [-0.25, -0.2) is 24.0 Å². The van der Waals surface area contributed by atoms with Gasteiger partial charge in [0.2, 0.25) is 0 Å². The monoisotopic (exact) mass is 598 g/mol. The van der Waals surface area contributed by atoms with Crippen molar-refractivity contribution < 1.29 is 57.5 Å². The van der Waals surface area contributed by atoms with Crippen molar-refractivity contribution in [1.29, 1.82) is 0 Å². The summed E-state index contributed by atoms with van der Waals surface area (Å²) in [5, 5.41) is 15.2. The Labute approximate surface area is 245 Å². The number of carbonyl (C=O) groups is 5. The summed E-state index contributed by atoms with van der Waals surface area (Å²) in [5.74, 6) is -2.75. The summed E-state index contributed by atoms with van der Waals surface area (Å²) in [6, 6.07) is 0. The first kappa shape index (κ1) is 38.0. The highest BCUT2D eigenvalue weighted by molar-refractivity contribution is 5.82. The minimum Gasteiger partial charge on any atom is -0.460 e. The Hall–Kier alpha value is -4.01. The van der Waals surface area contributed by atoms with E-state index in [1.54, 1.807) is 6.92 Å². The summed E-state index contributed by atoms with van der Waals surface area (Å²) in [7, 11) is 0. The van der Waals surface area contributed by atoms with E-state index in [0.717, 1.165) is 24.3 Å². The predicted octanol–water partition coefficient (Wildman–Crippen LogP) is 1.24. The molecule has 0 saturated carbocycles. The molecular weight excluding hydrogens is 556 g/mol.